The molecule has 0 saturated carbocycles. The SMILES string of the molecule is COc1ccc(OCc2ccccc2Cl)c(C#CCCl)c1. The molecule has 0 radical (unpaired) electrons. The maximum absolute atomic E-state index is 6.12. The molecular weight excluding hydrogens is 307 g/mol. The number of rotatable bonds is 4. The van der Waals surface area contributed by atoms with E-state index >= 15 is 0 Å². The third-order valence-corrected chi connectivity index (χ3v) is 3.32. The van der Waals surface area contributed by atoms with Crippen molar-refractivity contribution < 1.29 is 9.47 Å². The molecule has 0 heterocycles. The number of ether oxygens (including phenoxy) is 2. The van der Waals surface area contributed by atoms with E-state index in [1.165, 1.54) is 0 Å². The van der Waals surface area contributed by atoms with Crippen LogP contribution in [0.2, 0.25) is 5.02 Å². The summed E-state index contributed by atoms with van der Waals surface area (Å²) in [5.41, 5.74) is 1.66. The van der Waals surface area contributed by atoms with E-state index in [1.807, 2.05) is 42.5 Å². The van der Waals surface area contributed by atoms with Crippen molar-refractivity contribution in [1.82, 2.24) is 0 Å². The molecule has 0 spiro atoms. The van der Waals surface area contributed by atoms with Crippen molar-refractivity contribution in [2.45, 2.75) is 6.61 Å². The fourth-order valence-corrected chi connectivity index (χ4v) is 2.02. The highest BCUT2D eigenvalue weighted by atomic mass is 35.5. The zero-order chi connectivity index (χ0) is 15.1. The van der Waals surface area contributed by atoms with Crippen LogP contribution >= 0.6 is 23.2 Å². The lowest BCUT2D eigenvalue weighted by Crippen LogP contribution is -1.98. The molecule has 2 rings (SSSR count). The molecule has 0 N–H and O–H groups in total. The molecule has 2 aromatic carbocycles. The van der Waals surface area contributed by atoms with Crippen molar-refractivity contribution >= 4 is 23.2 Å². The highest BCUT2D eigenvalue weighted by Gasteiger charge is 2.06. The Hall–Kier alpha value is -1.82. The Morgan fingerprint density at radius 2 is 1.95 bits per heavy atom. The highest BCUT2D eigenvalue weighted by molar-refractivity contribution is 6.31. The first-order valence-corrected chi connectivity index (χ1v) is 7.25. The third-order valence-electron chi connectivity index (χ3n) is 2.82. The van der Waals surface area contributed by atoms with E-state index in [9.17, 15) is 0 Å². The molecule has 0 bridgehead atoms. The van der Waals surface area contributed by atoms with Crippen molar-refractivity contribution in [1.29, 1.82) is 0 Å². The minimum atomic E-state index is 0.265. The second-order valence-electron chi connectivity index (χ2n) is 4.18. The number of alkyl halides is 1. The van der Waals surface area contributed by atoms with Gasteiger partial charge < -0.3 is 9.47 Å². The van der Waals surface area contributed by atoms with Crippen LogP contribution in [0, 0.1) is 11.8 Å². The molecule has 0 saturated heterocycles. The Labute approximate surface area is 134 Å². The molecule has 0 atom stereocenters. The maximum atomic E-state index is 6.12. The molecule has 4 heteroatoms. The van der Waals surface area contributed by atoms with Crippen LogP contribution in [-0.4, -0.2) is 13.0 Å². The number of benzene rings is 2. The fourth-order valence-electron chi connectivity index (χ4n) is 1.76. The van der Waals surface area contributed by atoms with Gasteiger partial charge in [-0.3, -0.25) is 0 Å². The van der Waals surface area contributed by atoms with E-state index < -0.39 is 0 Å². The average molecular weight is 321 g/mol. The van der Waals surface area contributed by atoms with Gasteiger partial charge in [-0.25, -0.2) is 0 Å². The Balaban J connectivity index is 2.21. The van der Waals surface area contributed by atoms with Crippen molar-refractivity contribution in [3.63, 3.8) is 0 Å². The smallest absolute Gasteiger partial charge is 0.135 e. The van der Waals surface area contributed by atoms with Crippen molar-refractivity contribution in [3.05, 3.63) is 58.6 Å². The first kappa shape index (κ1) is 15.6. The van der Waals surface area contributed by atoms with Gasteiger partial charge >= 0.3 is 0 Å². The second kappa shape index (κ2) is 7.83. The molecule has 2 aromatic rings. The molecule has 0 amide bonds. The molecule has 21 heavy (non-hydrogen) atoms. The summed E-state index contributed by atoms with van der Waals surface area (Å²) < 4.78 is 11.0. The summed E-state index contributed by atoms with van der Waals surface area (Å²) in [4.78, 5) is 0. The first-order valence-electron chi connectivity index (χ1n) is 6.33. The lowest BCUT2D eigenvalue weighted by molar-refractivity contribution is 0.304. The van der Waals surface area contributed by atoms with Gasteiger partial charge in [0.1, 0.15) is 18.1 Å². The van der Waals surface area contributed by atoms with E-state index in [2.05, 4.69) is 11.8 Å². The summed E-state index contributed by atoms with van der Waals surface area (Å²) in [7, 11) is 1.61. The predicted molar refractivity (Wildman–Crippen MR) is 86.4 cm³/mol. The van der Waals surface area contributed by atoms with E-state index in [0.29, 0.717) is 17.4 Å². The normalized spacial score (nSPS) is 9.67. The molecule has 0 fully saturated rings. The fraction of sp³-hybridized carbons (Fsp3) is 0.176. The Kier molecular flexibility index (Phi) is 5.80. The number of methoxy groups -OCH3 is 1. The van der Waals surface area contributed by atoms with Crippen LogP contribution in [-0.2, 0) is 6.61 Å². The molecule has 0 aromatic heterocycles. The van der Waals surface area contributed by atoms with Gasteiger partial charge in [0.25, 0.3) is 0 Å². The summed E-state index contributed by atoms with van der Waals surface area (Å²) in [5.74, 6) is 7.45. The molecule has 108 valence electrons. The molecule has 0 aliphatic heterocycles. The Morgan fingerprint density at radius 3 is 2.67 bits per heavy atom. The summed E-state index contributed by atoms with van der Waals surface area (Å²) in [5, 5.41) is 0.680. The van der Waals surface area contributed by atoms with Crippen LogP contribution < -0.4 is 9.47 Å². The molecular formula is C17H14Cl2O2. The van der Waals surface area contributed by atoms with Gasteiger partial charge in [0.05, 0.1) is 18.6 Å². The van der Waals surface area contributed by atoms with Gasteiger partial charge in [0, 0.05) is 10.6 Å². The second-order valence-corrected chi connectivity index (χ2v) is 4.85. The van der Waals surface area contributed by atoms with Crippen LogP contribution in [0.5, 0.6) is 11.5 Å². The minimum absolute atomic E-state index is 0.265. The van der Waals surface area contributed by atoms with Crippen LogP contribution in [0.1, 0.15) is 11.1 Å². The quantitative estimate of drug-likeness (QED) is 0.609. The predicted octanol–water partition coefficient (Wildman–Crippen LogP) is 4.52. The number of hydrogen-bond acceptors (Lipinski definition) is 2. The summed E-state index contributed by atoms with van der Waals surface area (Å²) >= 11 is 11.7. The zero-order valence-corrected chi connectivity index (χ0v) is 13.0. The molecule has 2 nitrogen and oxygen atoms in total. The Morgan fingerprint density at radius 1 is 1.14 bits per heavy atom. The molecule has 0 aliphatic carbocycles. The zero-order valence-electron chi connectivity index (χ0n) is 11.5. The Bertz CT molecular complexity index is 672. The van der Waals surface area contributed by atoms with Gasteiger partial charge in [0.2, 0.25) is 0 Å². The summed E-state index contributed by atoms with van der Waals surface area (Å²) in [6.07, 6.45) is 0. The van der Waals surface area contributed by atoms with Gasteiger partial charge in [-0.1, -0.05) is 41.6 Å². The largest absolute Gasteiger partial charge is 0.497 e. The van der Waals surface area contributed by atoms with Gasteiger partial charge in [-0.2, -0.15) is 0 Å². The van der Waals surface area contributed by atoms with Gasteiger partial charge in [-0.05, 0) is 24.3 Å². The maximum Gasteiger partial charge on any atom is 0.135 e. The third kappa shape index (κ3) is 4.32. The number of halogens is 2. The lowest BCUT2D eigenvalue weighted by Gasteiger charge is -2.10. The first-order chi connectivity index (χ1) is 10.2. The standard InChI is InChI=1S/C17H14Cl2O2/c1-20-15-8-9-17(13(11-15)6-4-10-18)21-12-14-5-2-3-7-16(14)19/h2-3,5,7-9,11H,10,12H2,1H3. The summed E-state index contributed by atoms with van der Waals surface area (Å²) in [6, 6.07) is 13.0. The number of hydrogen-bond donors (Lipinski definition) is 0. The van der Waals surface area contributed by atoms with Crippen molar-refractivity contribution in [2.24, 2.45) is 0 Å². The van der Waals surface area contributed by atoms with E-state index in [4.69, 9.17) is 32.7 Å². The minimum Gasteiger partial charge on any atom is -0.497 e. The van der Waals surface area contributed by atoms with Crippen molar-refractivity contribution in [3.8, 4) is 23.3 Å². The molecule has 0 aliphatic rings. The summed E-state index contributed by atoms with van der Waals surface area (Å²) in [6.45, 7) is 0.377. The van der Waals surface area contributed by atoms with Crippen LogP contribution in [0.25, 0.3) is 0 Å². The lowest BCUT2D eigenvalue weighted by atomic mass is 10.2. The van der Waals surface area contributed by atoms with Gasteiger partial charge in [0.15, 0.2) is 0 Å². The van der Waals surface area contributed by atoms with Crippen LogP contribution in [0.15, 0.2) is 42.5 Å². The topological polar surface area (TPSA) is 18.5 Å². The van der Waals surface area contributed by atoms with Crippen LogP contribution in [0.3, 0.4) is 0 Å². The van der Waals surface area contributed by atoms with Gasteiger partial charge in [-0.15, -0.1) is 11.6 Å². The molecule has 0 unspecified atom stereocenters. The average Bonchev–Trinajstić information content (AvgIpc) is 2.52. The highest BCUT2D eigenvalue weighted by Crippen LogP contribution is 2.25. The van der Waals surface area contributed by atoms with Crippen LogP contribution in [0.4, 0.5) is 0 Å². The monoisotopic (exact) mass is 320 g/mol. The van der Waals surface area contributed by atoms with E-state index in [-0.39, 0.29) is 5.88 Å². The van der Waals surface area contributed by atoms with E-state index in [1.54, 1.807) is 7.11 Å². The van der Waals surface area contributed by atoms with Crippen molar-refractivity contribution in [2.75, 3.05) is 13.0 Å². The van der Waals surface area contributed by atoms with E-state index in [0.717, 1.165) is 16.9 Å².